The number of phenolic OH excluding ortho intramolecular Hbond substituents is 1. The molecule has 0 bridgehead atoms. The van der Waals surface area contributed by atoms with Crippen molar-refractivity contribution < 1.29 is 14.7 Å². The van der Waals surface area contributed by atoms with Crippen molar-refractivity contribution in [1.82, 2.24) is 10.6 Å². The zero-order chi connectivity index (χ0) is 16.5. The zero-order valence-corrected chi connectivity index (χ0v) is 12.8. The number of hydrogen-bond donors (Lipinski definition) is 3. The lowest BCUT2D eigenvalue weighted by molar-refractivity contribution is -0.121. The first kappa shape index (κ1) is 16.5. The molecule has 0 aliphatic rings. The second kappa shape index (κ2) is 8.58. The first-order valence-corrected chi connectivity index (χ1v) is 7.53. The number of para-hydroxylation sites is 1. The molecule has 5 heteroatoms. The summed E-state index contributed by atoms with van der Waals surface area (Å²) in [6.07, 6.45) is 1.11. The van der Waals surface area contributed by atoms with Gasteiger partial charge >= 0.3 is 0 Å². The van der Waals surface area contributed by atoms with Gasteiger partial charge < -0.3 is 15.7 Å². The van der Waals surface area contributed by atoms with Crippen molar-refractivity contribution in [1.29, 1.82) is 0 Å². The van der Waals surface area contributed by atoms with Crippen LogP contribution < -0.4 is 10.6 Å². The third kappa shape index (κ3) is 5.47. The van der Waals surface area contributed by atoms with Gasteiger partial charge in [-0.05, 0) is 24.1 Å². The van der Waals surface area contributed by atoms with Crippen LogP contribution in [0.1, 0.15) is 22.3 Å². The first-order chi connectivity index (χ1) is 11.2. The Morgan fingerprint density at radius 1 is 0.870 bits per heavy atom. The summed E-state index contributed by atoms with van der Waals surface area (Å²) in [6.45, 7) is 0.664. The smallest absolute Gasteiger partial charge is 0.255 e. The summed E-state index contributed by atoms with van der Waals surface area (Å²) in [5.41, 5.74) is 1.35. The van der Waals surface area contributed by atoms with E-state index in [2.05, 4.69) is 10.6 Å². The van der Waals surface area contributed by atoms with E-state index >= 15 is 0 Å². The maximum absolute atomic E-state index is 11.8. The Hall–Kier alpha value is -2.82. The summed E-state index contributed by atoms with van der Waals surface area (Å²) in [6, 6.07) is 16.1. The molecule has 23 heavy (non-hydrogen) atoms. The lowest BCUT2D eigenvalue weighted by atomic mass is 10.1. The molecule has 2 rings (SSSR count). The van der Waals surface area contributed by atoms with Crippen molar-refractivity contribution in [3.05, 3.63) is 65.7 Å². The SMILES string of the molecule is O=C(CCc1ccccc1)NCCNC(=O)c1ccccc1O. The standard InChI is InChI=1S/C18H20N2O3/c21-16-9-5-4-8-15(16)18(23)20-13-12-19-17(22)11-10-14-6-2-1-3-7-14/h1-9,21H,10-13H2,(H,19,22)(H,20,23). The Morgan fingerprint density at radius 2 is 1.52 bits per heavy atom. The Morgan fingerprint density at radius 3 is 2.26 bits per heavy atom. The number of carbonyl (C=O) groups excluding carboxylic acids is 2. The molecule has 0 heterocycles. The Bertz CT molecular complexity index is 656. The average Bonchev–Trinajstić information content (AvgIpc) is 2.58. The first-order valence-electron chi connectivity index (χ1n) is 7.53. The van der Waals surface area contributed by atoms with E-state index in [4.69, 9.17) is 0 Å². The number of hydrogen-bond acceptors (Lipinski definition) is 3. The van der Waals surface area contributed by atoms with Crippen LogP contribution in [0.25, 0.3) is 0 Å². The number of aromatic hydroxyl groups is 1. The predicted octanol–water partition coefficient (Wildman–Crippen LogP) is 1.87. The van der Waals surface area contributed by atoms with Gasteiger partial charge in [-0.25, -0.2) is 0 Å². The zero-order valence-electron chi connectivity index (χ0n) is 12.8. The summed E-state index contributed by atoms with van der Waals surface area (Å²) in [4.78, 5) is 23.6. The van der Waals surface area contributed by atoms with E-state index < -0.39 is 0 Å². The number of nitrogens with one attached hydrogen (secondary N) is 2. The van der Waals surface area contributed by atoms with Crippen molar-refractivity contribution in [3.8, 4) is 5.75 Å². The average molecular weight is 312 g/mol. The van der Waals surface area contributed by atoms with Gasteiger partial charge in [0.2, 0.25) is 5.91 Å². The van der Waals surface area contributed by atoms with Gasteiger partial charge in [0.1, 0.15) is 5.75 Å². The van der Waals surface area contributed by atoms with Crippen molar-refractivity contribution in [2.75, 3.05) is 13.1 Å². The number of benzene rings is 2. The van der Waals surface area contributed by atoms with E-state index in [0.717, 1.165) is 5.56 Å². The highest BCUT2D eigenvalue weighted by atomic mass is 16.3. The van der Waals surface area contributed by atoms with Gasteiger partial charge in [-0.3, -0.25) is 9.59 Å². The Labute approximate surface area is 135 Å². The maximum Gasteiger partial charge on any atom is 0.255 e. The van der Waals surface area contributed by atoms with E-state index in [1.54, 1.807) is 18.2 Å². The molecule has 0 radical (unpaired) electrons. The monoisotopic (exact) mass is 312 g/mol. The number of phenols is 1. The maximum atomic E-state index is 11.8. The molecule has 0 unspecified atom stereocenters. The second-order valence-corrected chi connectivity index (χ2v) is 5.11. The Kier molecular flexibility index (Phi) is 6.17. The number of aryl methyl sites for hydroxylation is 1. The molecule has 0 aliphatic heterocycles. The summed E-state index contributed by atoms with van der Waals surface area (Å²) in [5, 5.41) is 15.0. The van der Waals surface area contributed by atoms with Crippen LogP contribution >= 0.6 is 0 Å². The molecule has 2 amide bonds. The summed E-state index contributed by atoms with van der Waals surface area (Å²) in [7, 11) is 0. The quantitative estimate of drug-likeness (QED) is 0.683. The van der Waals surface area contributed by atoms with Gasteiger partial charge in [-0.2, -0.15) is 0 Å². The van der Waals surface area contributed by atoms with E-state index in [9.17, 15) is 14.7 Å². The molecule has 0 aliphatic carbocycles. The predicted molar refractivity (Wildman–Crippen MR) is 88.2 cm³/mol. The summed E-state index contributed by atoms with van der Waals surface area (Å²) >= 11 is 0. The second-order valence-electron chi connectivity index (χ2n) is 5.11. The van der Waals surface area contributed by atoms with E-state index in [1.807, 2.05) is 30.3 Å². The van der Waals surface area contributed by atoms with Crippen LogP contribution in [0, 0.1) is 0 Å². The molecule has 5 nitrogen and oxygen atoms in total. The molecule has 0 saturated carbocycles. The third-order valence-electron chi connectivity index (χ3n) is 3.36. The van der Waals surface area contributed by atoms with Crippen molar-refractivity contribution in [3.63, 3.8) is 0 Å². The number of rotatable bonds is 7. The lowest BCUT2D eigenvalue weighted by Crippen LogP contribution is -2.34. The summed E-state index contributed by atoms with van der Waals surface area (Å²) in [5.74, 6) is -0.468. The summed E-state index contributed by atoms with van der Waals surface area (Å²) < 4.78 is 0. The van der Waals surface area contributed by atoms with Crippen LogP contribution in [-0.4, -0.2) is 30.0 Å². The minimum absolute atomic E-state index is 0.0503. The van der Waals surface area contributed by atoms with Crippen LogP contribution in [0.2, 0.25) is 0 Å². The molecular weight excluding hydrogens is 292 g/mol. The molecule has 120 valence electrons. The van der Waals surface area contributed by atoms with Crippen LogP contribution in [0.3, 0.4) is 0 Å². The molecule has 3 N–H and O–H groups in total. The molecule has 2 aromatic carbocycles. The van der Waals surface area contributed by atoms with Crippen LogP contribution in [0.15, 0.2) is 54.6 Å². The van der Waals surface area contributed by atoms with Crippen molar-refractivity contribution in [2.45, 2.75) is 12.8 Å². The van der Waals surface area contributed by atoms with Crippen molar-refractivity contribution in [2.24, 2.45) is 0 Å². The molecule has 2 aromatic rings. The largest absolute Gasteiger partial charge is 0.507 e. The fourth-order valence-electron chi connectivity index (χ4n) is 2.13. The van der Waals surface area contributed by atoms with Gasteiger partial charge in [0.25, 0.3) is 5.91 Å². The highest BCUT2D eigenvalue weighted by Gasteiger charge is 2.09. The lowest BCUT2D eigenvalue weighted by Gasteiger charge is -2.08. The highest BCUT2D eigenvalue weighted by Crippen LogP contribution is 2.14. The third-order valence-corrected chi connectivity index (χ3v) is 3.36. The van der Waals surface area contributed by atoms with Crippen molar-refractivity contribution >= 4 is 11.8 Å². The van der Waals surface area contributed by atoms with Gasteiger partial charge in [0, 0.05) is 19.5 Å². The van der Waals surface area contributed by atoms with Gasteiger partial charge in [0.05, 0.1) is 5.56 Å². The van der Waals surface area contributed by atoms with E-state index in [1.165, 1.54) is 6.07 Å². The Balaban J connectivity index is 1.64. The minimum atomic E-state index is -0.360. The normalized spacial score (nSPS) is 10.1. The topological polar surface area (TPSA) is 78.4 Å². The minimum Gasteiger partial charge on any atom is -0.507 e. The number of amides is 2. The highest BCUT2D eigenvalue weighted by molar-refractivity contribution is 5.96. The van der Waals surface area contributed by atoms with E-state index in [-0.39, 0.29) is 23.1 Å². The van der Waals surface area contributed by atoms with Crippen LogP contribution in [0.5, 0.6) is 5.75 Å². The molecule has 0 fully saturated rings. The van der Waals surface area contributed by atoms with Gasteiger partial charge in [-0.15, -0.1) is 0 Å². The fourth-order valence-corrected chi connectivity index (χ4v) is 2.13. The van der Waals surface area contributed by atoms with Gasteiger partial charge in [-0.1, -0.05) is 42.5 Å². The van der Waals surface area contributed by atoms with E-state index in [0.29, 0.717) is 25.9 Å². The molecule has 0 saturated heterocycles. The molecule has 0 atom stereocenters. The van der Waals surface area contributed by atoms with Crippen LogP contribution in [-0.2, 0) is 11.2 Å². The molecule has 0 spiro atoms. The van der Waals surface area contributed by atoms with Gasteiger partial charge in [0.15, 0.2) is 0 Å². The fraction of sp³-hybridized carbons (Fsp3) is 0.222. The number of carbonyl (C=O) groups is 2. The van der Waals surface area contributed by atoms with Crippen LogP contribution in [0.4, 0.5) is 0 Å². The molecule has 0 aromatic heterocycles. The molecular formula is C18H20N2O3.